The summed E-state index contributed by atoms with van der Waals surface area (Å²) in [4.78, 5) is 23.3. The molecule has 8 heteroatoms. The first-order valence-corrected chi connectivity index (χ1v) is 16.2. The second kappa shape index (κ2) is 25.4. The lowest BCUT2D eigenvalue weighted by molar-refractivity contribution is -0.161. The first kappa shape index (κ1) is 46.5. The highest BCUT2D eigenvalue weighted by Gasteiger charge is 2.31. The second-order valence-corrected chi connectivity index (χ2v) is 11.6. The SMILES string of the molecule is C#Cc1ccc(C(=C)/C=C(/C(C)=O)N(C)c2ccc(OC)cc2)cc1.CC#C/C(C)=C/C.CC(F)(F)C(=O)O.CCC(N)CCCC(C)C. The van der Waals surface area contributed by atoms with Crippen molar-refractivity contribution in [3.05, 3.63) is 89.7 Å². The molecule has 0 aliphatic carbocycles. The number of halogens is 2. The molecular weight excluding hydrogens is 622 g/mol. The number of methoxy groups -OCH3 is 1. The predicted octanol–water partition coefficient (Wildman–Crippen LogP) is 9.55. The van der Waals surface area contributed by atoms with E-state index in [4.69, 9.17) is 22.0 Å². The number of alkyl halides is 2. The van der Waals surface area contributed by atoms with E-state index in [1.165, 1.54) is 19.3 Å². The second-order valence-electron chi connectivity index (χ2n) is 11.6. The number of ketones is 1. The van der Waals surface area contributed by atoms with Crippen LogP contribution in [0.3, 0.4) is 0 Å². The molecule has 0 heterocycles. The Labute approximate surface area is 294 Å². The number of carbonyl (C=O) groups excluding carboxylic acids is 1. The van der Waals surface area contributed by atoms with Gasteiger partial charge >= 0.3 is 11.9 Å². The van der Waals surface area contributed by atoms with Crippen molar-refractivity contribution in [1.82, 2.24) is 0 Å². The van der Waals surface area contributed by atoms with Gasteiger partial charge in [-0.3, -0.25) is 4.79 Å². The van der Waals surface area contributed by atoms with Gasteiger partial charge in [0.15, 0.2) is 5.78 Å². The van der Waals surface area contributed by atoms with Crippen LogP contribution in [0.5, 0.6) is 5.75 Å². The summed E-state index contributed by atoms with van der Waals surface area (Å²) in [5, 5.41) is 7.50. The number of benzene rings is 2. The van der Waals surface area contributed by atoms with Crippen LogP contribution in [0.2, 0.25) is 0 Å². The number of ether oxygens (including phenoxy) is 1. The zero-order chi connectivity index (χ0) is 38.2. The Balaban J connectivity index is 0. The number of Topliss-reactive ketones (excluding diaryl/α,β-unsaturated/α-hetero) is 1. The van der Waals surface area contributed by atoms with Crippen molar-refractivity contribution >= 4 is 23.0 Å². The van der Waals surface area contributed by atoms with Crippen LogP contribution in [0.4, 0.5) is 14.5 Å². The monoisotopic (exact) mass is 678 g/mol. The van der Waals surface area contributed by atoms with Crippen LogP contribution in [0.15, 0.2) is 78.5 Å². The van der Waals surface area contributed by atoms with E-state index in [1.54, 1.807) is 20.1 Å². The summed E-state index contributed by atoms with van der Waals surface area (Å²) in [5.41, 5.74) is 10.8. The van der Waals surface area contributed by atoms with Crippen molar-refractivity contribution in [3.63, 3.8) is 0 Å². The lowest BCUT2D eigenvalue weighted by atomic mass is 10.0. The maximum absolute atomic E-state index is 12.1. The summed E-state index contributed by atoms with van der Waals surface area (Å²) in [6.07, 6.45) is 14.1. The molecule has 0 fully saturated rings. The standard InChI is InChI=1S/C22H21NO2.C9H21N.C7H10.C3H4F2O2/c1-6-18-7-9-19(10-8-18)16(2)15-22(17(3)24)23(4)20-11-13-21(25-5)14-12-20;1-4-9(10)7-5-6-8(2)3;1-4-6-7(3)5-2;1-3(4,5)2(6)7/h1,7-15H,2H2,3-5H3;8-9H,4-7,10H2,1-3H3;5H,1-3H3;1H3,(H,6,7)/b22-15-;;7-5+;. The van der Waals surface area contributed by atoms with Gasteiger partial charge in [0, 0.05) is 38.2 Å². The van der Waals surface area contributed by atoms with Gasteiger partial charge in [-0.05, 0) is 98.7 Å². The van der Waals surface area contributed by atoms with E-state index in [0.717, 1.165) is 46.0 Å². The minimum absolute atomic E-state index is 0.0419. The number of likely N-dealkylation sites (N-methyl/N-ethyl adjacent to an activating group) is 1. The number of nitrogens with two attached hydrogens (primary N) is 1. The van der Waals surface area contributed by atoms with Gasteiger partial charge in [0.25, 0.3) is 0 Å². The van der Waals surface area contributed by atoms with E-state index in [-0.39, 0.29) is 5.78 Å². The molecule has 268 valence electrons. The lowest BCUT2D eigenvalue weighted by Gasteiger charge is -2.21. The quantitative estimate of drug-likeness (QED) is 0.132. The molecule has 1 unspecified atom stereocenters. The maximum Gasteiger partial charge on any atom is 0.374 e. The molecule has 2 aromatic rings. The highest BCUT2D eigenvalue weighted by Crippen LogP contribution is 2.24. The Kier molecular flexibility index (Phi) is 24.1. The van der Waals surface area contributed by atoms with E-state index in [0.29, 0.717) is 18.7 Å². The Bertz CT molecular complexity index is 1450. The molecule has 2 rings (SSSR count). The molecule has 0 saturated heterocycles. The van der Waals surface area contributed by atoms with Crippen molar-refractivity contribution in [2.75, 3.05) is 19.1 Å². The highest BCUT2D eigenvalue weighted by atomic mass is 19.3. The van der Waals surface area contributed by atoms with Crippen LogP contribution in [0.25, 0.3) is 5.57 Å². The van der Waals surface area contributed by atoms with Gasteiger partial charge in [0.1, 0.15) is 5.75 Å². The smallest absolute Gasteiger partial charge is 0.374 e. The van der Waals surface area contributed by atoms with E-state index in [2.05, 4.69) is 45.1 Å². The molecule has 0 bridgehead atoms. The number of anilines is 1. The van der Waals surface area contributed by atoms with Crippen molar-refractivity contribution in [1.29, 1.82) is 0 Å². The molecule has 0 saturated carbocycles. The summed E-state index contributed by atoms with van der Waals surface area (Å²) < 4.78 is 27.7. The minimum Gasteiger partial charge on any atom is -0.497 e. The van der Waals surface area contributed by atoms with Gasteiger partial charge in [-0.15, -0.1) is 12.3 Å². The van der Waals surface area contributed by atoms with Gasteiger partial charge in [0.05, 0.1) is 12.8 Å². The number of hydrogen-bond donors (Lipinski definition) is 2. The summed E-state index contributed by atoms with van der Waals surface area (Å²) in [6.45, 7) is 18.4. The molecular formula is C41H56F2N2O4. The van der Waals surface area contributed by atoms with Crippen molar-refractivity contribution in [2.24, 2.45) is 11.7 Å². The van der Waals surface area contributed by atoms with Crippen molar-refractivity contribution < 1.29 is 28.2 Å². The zero-order valence-corrected chi connectivity index (χ0v) is 31.0. The van der Waals surface area contributed by atoms with Crippen molar-refractivity contribution in [2.45, 2.75) is 93.0 Å². The number of aliphatic carboxylic acids is 1. The van der Waals surface area contributed by atoms with Gasteiger partial charge in [-0.1, -0.05) is 70.2 Å². The van der Waals surface area contributed by atoms with Gasteiger partial charge < -0.3 is 20.5 Å². The number of allylic oxidation sites excluding steroid dienone is 5. The van der Waals surface area contributed by atoms with Gasteiger partial charge in [0.2, 0.25) is 0 Å². The average molecular weight is 679 g/mol. The fraction of sp³-hybridized carbons (Fsp3) is 0.415. The van der Waals surface area contributed by atoms with Crippen LogP contribution >= 0.6 is 0 Å². The number of carboxylic acids is 1. The third kappa shape index (κ3) is 21.8. The van der Waals surface area contributed by atoms with Crippen LogP contribution in [-0.2, 0) is 9.59 Å². The number of rotatable bonds is 12. The number of carbonyl (C=O) groups is 2. The topological polar surface area (TPSA) is 92.9 Å². The first-order chi connectivity index (χ1) is 22.9. The normalized spacial score (nSPS) is 11.4. The van der Waals surface area contributed by atoms with Gasteiger partial charge in [-0.25, -0.2) is 4.79 Å². The molecule has 6 nitrogen and oxygen atoms in total. The molecule has 49 heavy (non-hydrogen) atoms. The molecule has 0 aromatic heterocycles. The van der Waals surface area contributed by atoms with Crippen LogP contribution in [0, 0.1) is 30.1 Å². The minimum atomic E-state index is -3.58. The molecule has 0 spiro atoms. The third-order valence-corrected chi connectivity index (χ3v) is 6.93. The van der Waals surface area contributed by atoms with Crippen LogP contribution in [0.1, 0.15) is 92.2 Å². The Morgan fingerprint density at radius 3 is 1.98 bits per heavy atom. The summed E-state index contributed by atoms with van der Waals surface area (Å²) in [6, 6.07) is 15.5. The number of carboxylic acid groups (broad SMARTS) is 1. The van der Waals surface area contributed by atoms with Crippen LogP contribution < -0.4 is 15.4 Å². The summed E-state index contributed by atoms with van der Waals surface area (Å²) in [5.74, 6) is 4.18. The molecule has 3 N–H and O–H groups in total. The molecule has 0 amide bonds. The third-order valence-electron chi connectivity index (χ3n) is 6.93. The van der Waals surface area contributed by atoms with E-state index in [1.807, 2.05) is 87.3 Å². The van der Waals surface area contributed by atoms with E-state index in [9.17, 15) is 18.4 Å². The van der Waals surface area contributed by atoms with E-state index < -0.39 is 11.9 Å². The van der Waals surface area contributed by atoms with Crippen LogP contribution in [-0.4, -0.2) is 43.0 Å². The molecule has 0 aliphatic rings. The molecule has 1 atom stereocenters. The number of terminal acetylenes is 1. The molecule has 2 aromatic carbocycles. The van der Waals surface area contributed by atoms with Gasteiger partial charge in [-0.2, -0.15) is 8.78 Å². The lowest BCUT2D eigenvalue weighted by Crippen LogP contribution is -2.22. The fourth-order valence-corrected chi connectivity index (χ4v) is 3.67. The molecule has 0 aliphatic heterocycles. The Morgan fingerprint density at radius 1 is 1.10 bits per heavy atom. The summed E-state index contributed by atoms with van der Waals surface area (Å²) in [7, 11) is 3.47. The summed E-state index contributed by atoms with van der Waals surface area (Å²) >= 11 is 0. The Morgan fingerprint density at radius 2 is 1.63 bits per heavy atom. The predicted molar refractivity (Wildman–Crippen MR) is 202 cm³/mol. The first-order valence-electron chi connectivity index (χ1n) is 16.2. The highest BCUT2D eigenvalue weighted by molar-refractivity contribution is 5.99. The average Bonchev–Trinajstić information content (AvgIpc) is 3.07. The maximum atomic E-state index is 12.1. The number of hydrogen-bond acceptors (Lipinski definition) is 5. The number of nitrogens with zero attached hydrogens (tertiary/aromatic N) is 1. The molecule has 0 radical (unpaired) electrons. The van der Waals surface area contributed by atoms with Crippen molar-refractivity contribution in [3.8, 4) is 29.9 Å². The largest absolute Gasteiger partial charge is 0.497 e. The van der Waals surface area contributed by atoms with E-state index >= 15 is 0 Å². The Hall–Kier alpha value is -4.66. The fourth-order valence-electron chi connectivity index (χ4n) is 3.67. The zero-order valence-electron chi connectivity index (χ0n) is 31.0.